The summed E-state index contributed by atoms with van der Waals surface area (Å²) in [7, 11) is 0. The summed E-state index contributed by atoms with van der Waals surface area (Å²) >= 11 is 1.58. The fraction of sp³-hybridized carbons (Fsp3) is 0.500. The summed E-state index contributed by atoms with van der Waals surface area (Å²) in [6.45, 7) is 2.75. The van der Waals surface area contributed by atoms with Crippen molar-refractivity contribution < 1.29 is 19.4 Å². The van der Waals surface area contributed by atoms with Gasteiger partial charge in [0.25, 0.3) is 0 Å². The Balaban J connectivity index is 2.03. The van der Waals surface area contributed by atoms with Crippen molar-refractivity contribution in [3.8, 4) is 0 Å². The Morgan fingerprint density at radius 3 is 3.00 bits per heavy atom. The molecule has 18 heavy (non-hydrogen) atoms. The molecule has 1 N–H and O–H groups in total. The second-order valence-electron chi connectivity index (χ2n) is 4.22. The molecule has 1 fully saturated rings. The molecule has 6 heteroatoms. The number of amides is 1. The number of carboxylic acid groups (broad SMARTS) is 1. The zero-order chi connectivity index (χ0) is 13.1. The summed E-state index contributed by atoms with van der Waals surface area (Å²) in [5, 5.41) is 10.8. The number of nitrogens with zero attached hydrogens (tertiary/aromatic N) is 1. The van der Waals surface area contributed by atoms with Crippen LogP contribution in [0, 0.1) is 5.92 Å². The maximum Gasteiger partial charge on any atom is 0.315 e. The van der Waals surface area contributed by atoms with E-state index >= 15 is 0 Å². The molecule has 0 saturated carbocycles. The van der Waals surface area contributed by atoms with Crippen LogP contribution in [0.2, 0.25) is 0 Å². The van der Waals surface area contributed by atoms with Gasteiger partial charge < -0.3 is 14.7 Å². The average molecular weight is 269 g/mol. The zero-order valence-corrected chi connectivity index (χ0v) is 10.9. The van der Waals surface area contributed by atoms with Gasteiger partial charge in [-0.15, -0.1) is 11.3 Å². The predicted octanol–water partition coefficient (Wildman–Crippen LogP) is 1.37. The summed E-state index contributed by atoms with van der Waals surface area (Å²) in [5.41, 5.74) is 0. The number of morpholine rings is 1. The van der Waals surface area contributed by atoms with E-state index in [9.17, 15) is 9.59 Å². The minimum Gasteiger partial charge on any atom is -0.481 e. The minimum atomic E-state index is -1.08. The lowest BCUT2D eigenvalue weighted by Crippen LogP contribution is -2.45. The van der Waals surface area contributed by atoms with Crippen LogP contribution in [0.15, 0.2) is 17.5 Å². The lowest BCUT2D eigenvalue weighted by molar-refractivity contribution is -0.154. The number of hydrogen-bond donors (Lipinski definition) is 1. The molecule has 1 amide bonds. The lowest BCUT2D eigenvalue weighted by Gasteiger charge is -2.33. The van der Waals surface area contributed by atoms with Gasteiger partial charge in [-0.2, -0.15) is 0 Å². The van der Waals surface area contributed by atoms with Gasteiger partial charge in [0, 0.05) is 11.4 Å². The van der Waals surface area contributed by atoms with Crippen molar-refractivity contribution in [2.45, 2.75) is 13.0 Å². The molecule has 2 rings (SSSR count). The number of carbonyl (C=O) groups excluding carboxylic acids is 1. The number of ether oxygens (including phenoxy) is 1. The predicted molar refractivity (Wildman–Crippen MR) is 66.4 cm³/mol. The molecule has 0 bridgehead atoms. The van der Waals surface area contributed by atoms with Crippen LogP contribution in [0.25, 0.3) is 0 Å². The molecule has 2 atom stereocenters. The zero-order valence-electron chi connectivity index (χ0n) is 10.0. The number of rotatable bonds is 3. The first-order valence-electron chi connectivity index (χ1n) is 5.76. The number of thiophene rings is 1. The highest BCUT2D eigenvalue weighted by atomic mass is 32.1. The third-order valence-electron chi connectivity index (χ3n) is 2.98. The van der Waals surface area contributed by atoms with Gasteiger partial charge in [0.15, 0.2) is 0 Å². The third kappa shape index (κ3) is 2.70. The van der Waals surface area contributed by atoms with E-state index in [-0.39, 0.29) is 12.0 Å². The van der Waals surface area contributed by atoms with E-state index in [0.29, 0.717) is 19.7 Å². The maximum absolute atomic E-state index is 11.9. The van der Waals surface area contributed by atoms with Crippen molar-refractivity contribution in [1.29, 1.82) is 0 Å². The van der Waals surface area contributed by atoms with E-state index < -0.39 is 11.9 Å². The lowest BCUT2D eigenvalue weighted by atomic mass is 10.1. The average Bonchev–Trinajstić information content (AvgIpc) is 2.91. The molecule has 0 aliphatic carbocycles. The van der Waals surface area contributed by atoms with Crippen LogP contribution in [0.3, 0.4) is 0 Å². The van der Waals surface area contributed by atoms with E-state index in [0.717, 1.165) is 4.88 Å². The van der Waals surface area contributed by atoms with E-state index in [2.05, 4.69) is 0 Å². The summed E-state index contributed by atoms with van der Waals surface area (Å²) in [4.78, 5) is 25.4. The number of carbonyl (C=O) groups is 2. The van der Waals surface area contributed by atoms with Crippen molar-refractivity contribution in [1.82, 2.24) is 4.90 Å². The van der Waals surface area contributed by atoms with Gasteiger partial charge in [-0.1, -0.05) is 6.07 Å². The van der Waals surface area contributed by atoms with Crippen molar-refractivity contribution in [3.63, 3.8) is 0 Å². The molecule has 2 heterocycles. The summed E-state index contributed by atoms with van der Waals surface area (Å²) in [6.07, 6.45) is -0.135. The summed E-state index contributed by atoms with van der Waals surface area (Å²) < 4.78 is 5.61. The SMILES string of the molecule is CC(C(=O)O)C(=O)N1CCOC(c2cccs2)C1. The Morgan fingerprint density at radius 2 is 2.39 bits per heavy atom. The van der Waals surface area contributed by atoms with Gasteiger partial charge in [0.1, 0.15) is 12.0 Å². The Bertz CT molecular complexity index is 431. The van der Waals surface area contributed by atoms with Gasteiger partial charge >= 0.3 is 5.97 Å². The standard InChI is InChI=1S/C12H15NO4S/c1-8(12(15)16)11(14)13-4-5-17-9(7-13)10-3-2-6-18-10/h2-3,6,8-9H,4-5,7H2,1H3,(H,15,16). The monoisotopic (exact) mass is 269 g/mol. The molecule has 1 aromatic heterocycles. The van der Waals surface area contributed by atoms with Crippen LogP contribution < -0.4 is 0 Å². The molecule has 0 spiro atoms. The normalized spacial score (nSPS) is 21.6. The first kappa shape index (κ1) is 13.0. The van der Waals surface area contributed by atoms with E-state index in [1.165, 1.54) is 6.92 Å². The van der Waals surface area contributed by atoms with Gasteiger partial charge in [-0.05, 0) is 18.4 Å². The molecule has 1 aliphatic rings. The van der Waals surface area contributed by atoms with Crippen molar-refractivity contribution in [3.05, 3.63) is 22.4 Å². The van der Waals surface area contributed by atoms with Crippen molar-refractivity contribution in [2.75, 3.05) is 19.7 Å². The Morgan fingerprint density at radius 1 is 1.61 bits per heavy atom. The molecule has 5 nitrogen and oxygen atoms in total. The van der Waals surface area contributed by atoms with Gasteiger partial charge in [-0.25, -0.2) is 0 Å². The Hall–Kier alpha value is -1.40. The molecule has 0 aromatic carbocycles. The molecule has 2 unspecified atom stereocenters. The minimum absolute atomic E-state index is 0.135. The second kappa shape index (κ2) is 5.49. The van der Waals surface area contributed by atoms with Crippen LogP contribution in [-0.4, -0.2) is 41.6 Å². The molecule has 1 saturated heterocycles. The smallest absolute Gasteiger partial charge is 0.315 e. The van der Waals surface area contributed by atoms with E-state index in [1.807, 2.05) is 17.5 Å². The van der Waals surface area contributed by atoms with Crippen LogP contribution in [0.1, 0.15) is 17.9 Å². The van der Waals surface area contributed by atoms with Crippen molar-refractivity contribution >= 4 is 23.2 Å². The second-order valence-corrected chi connectivity index (χ2v) is 5.20. The number of aliphatic carboxylic acids is 1. The summed E-state index contributed by atoms with van der Waals surface area (Å²) in [5.74, 6) is -2.42. The first-order valence-corrected chi connectivity index (χ1v) is 6.64. The largest absolute Gasteiger partial charge is 0.481 e. The highest BCUT2D eigenvalue weighted by Crippen LogP contribution is 2.26. The first-order chi connectivity index (χ1) is 8.59. The fourth-order valence-corrected chi connectivity index (χ4v) is 2.64. The summed E-state index contributed by atoms with van der Waals surface area (Å²) in [6, 6.07) is 3.90. The van der Waals surface area contributed by atoms with Crippen LogP contribution in [0.5, 0.6) is 0 Å². The van der Waals surface area contributed by atoms with Crippen LogP contribution in [0.4, 0.5) is 0 Å². The van der Waals surface area contributed by atoms with Crippen LogP contribution in [-0.2, 0) is 14.3 Å². The molecule has 0 radical (unpaired) electrons. The Labute approximate surface area is 109 Å². The molecular formula is C12H15NO4S. The molecular weight excluding hydrogens is 254 g/mol. The fourth-order valence-electron chi connectivity index (χ4n) is 1.88. The van der Waals surface area contributed by atoms with Gasteiger partial charge in [0.2, 0.25) is 5.91 Å². The van der Waals surface area contributed by atoms with Crippen molar-refractivity contribution in [2.24, 2.45) is 5.92 Å². The number of carboxylic acids is 1. The molecule has 98 valence electrons. The number of hydrogen-bond acceptors (Lipinski definition) is 4. The quantitative estimate of drug-likeness (QED) is 0.842. The highest BCUT2D eigenvalue weighted by molar-refractivity contribution is 7.10. The highest BCUT2D eigenvalue weighted by Gasteiger charge is 2.31. The Kier molecular flexibility index (Phi) is 3.98. The van der Waals surface area contributed by atoms with Gasteiger partial charge in [-0.3, -0.25) is 9.59 Å². The maximum atomic E-state index is 11.9. The van der Waals surface area contributed by atoms with Gasteiger partial charge in [0.05, 0.1) is 13.2 Å². The van der Waals surface area contributed by atoms with E-state index in [4.69, 9.17) is 9.84 Å². The topological polar surface area (TPSA) is 66.8 Å². The van der Waals surface area contributed by atoms with E-state index in [1.54, 1.807) is 16.2 Å². The molecule has 1 aromatic rings. The molecule has 1 aliphatic heterocycles. The van der Waals surface area contributed by atoms with Crippen LogP contribution >= 0.6 is 11.3 Å². The third-order valence-corrected chi connectivity index (χ3v) is 3.94.